The molecule has 1 atom stereocenters. The Bertz CT molecular complexity index is 206. The van der Waals surface area contributed by atoms with Gasteiger partial charge in [-0.05, 0) is 12.8 Å². The molecule has 15 heavy (non-hydrogen) atoms. The van der Waals surface area contributed by atoms with E-state index < -0.39 is 12.0 Å². The third-order valence-corrected chi connectivity index (χ3v) is 1.86. The second-order valence-electron chi connectivity index (χ2n) is 3.23. The van der Waals surface area contributed by atoms with Crippen molar-refractivity contribution in [1.82, 2.24) is 5.32 Å². The molecule has 0 heterocycles. The lowest BCUT2D eigenvalue weighted by molar-refractivity contribution is -0.142. The largest absolute Gasteiger partial charge is 0.480 e. The number of amides is 1. The Morgan fingerprint density at radius 1 is 1.33 bits per heavy atom. The molecule has 0 radical (unpaired) electrons. The highest BCUT2D eigenvalue weighted by atomic mass is 16.5. The Balaban J connectivity index is 3.67. The Labute approximate surface area is 89.8 Å². The van der Waals surface area contributed by atoms with Crippen LogP contribution in [0.2, 0.25) is 0 Å². The molecule has 5 heteroatoms. The predicted molar refractivity (Wildman–Crippen MR) is 55.6 cm³/mol. The molecule has 0 bridgehead atoms. The van der Waals surface area contributed by atoms with E-state index in [9.17, 15) is 9.59 Å². The molecular formula is C10H19NO4. The van der Waals surface area contributed by atoms with Crippen LogP contribution in [-0.2, 0) is 14.3 Å². The van der Waals surface area contributed by atoms with Crippen molar-refractivity contribution >= 4 is 11.9 Å². The van der Waals surface area contributed by atoms with Crippen molar-refractivity contribution in [2.24, 2.45) is 0 Å². The van der Waals surface area contributed by atoms with Crippen LogP contribution in [0, 0.1) is 0 Å². The van der Waals surface area contributed by atoms with Crippen molar-refractivity contribution in [3.8, 4) is 0 Å². The minimum Gasteiger partial charge on any atom is -0.480 e. The Kier molecular flexibility index (Phi) is 7.62. The lowest BCUT2D eigenvalue weighted by Gasteiger charge is -2.11. The highest BCUT2D eigenvalue weighted by Gasteiger charge is 2.16. The Hall–Kier alpha value is -1.10. The van der Waals surface area contributed by atoms with E-state index in [-0.39, 0.29) is 12.3 Å². The minimum absolute atomic E-state index is 0.212. The van der Waals surface area contributed by atoms with E-state index in [1.54, 1.807) is 6.92 Å². The molecule has 0 aromatic carbocycles. The van der Waals surface area contributed by atoms with Crippen LogP contribution < -0.4 is 5.32 Å². The zero-order valence-electron chi connectivity index (χ0n) is 9.28. The van der Waals surface area contributed by atoms with Crippen LogP contribution in [0.4, 0.5) is 0 Å². The van der Waals surface area contributed by atoms with E-state index in [4.69, 9.17) is 9.84 Å². The molecule has 0 rings (SSSR count). The molecule has 0 fully saturated rings. The molecule has 1 amide bonds. The smallest absolute Gasteiger partial charge is 0.326 e. The lowest BCUT2D eigenvalue weighted by Crippen LogP contribution is -2.40. The molecule has 0 aromatic heterocycles. The van der Waals surface area contributed by atoms with Crippen molar-refractivity contribution in [3.63, 3.8) is 0 Å². The van der Waals surface area contributed by atoms with Crippen molar-refractivity contribution < 1.29 is 19.4 Å². The quantitative estimate of drug-likeness (QED) is 0.589. The van der Waals surface area contributed by atoms with Gasteiger partial charge in [0.15, 0.2) is 0 Å². The average molecular weight is 217 g/mol. The number of nitrogens with one attached hydrogen (secondary N) is 1. The molecule has 0 aliphatic carbocycles. The van der Waals surface area contributed by atoms with E-state index in [1.165, 1.54) is 0 Å². The van der Waals surface area contributed by atoms with Crippen molar-refractivity contribution in [2.45, 2.75) is 39.2 Å². The normalized spacial score (nSPS) is 12.1. The van der Waals surface area contributed by atoms with Gasteiger partial charge < -0.3 is 15.2 Å². The number of rotatable bonds is 8. The molecule has 5 nitrogen and oxygen atoms in total. The fourth-order valence-corrected chi connectivity index (χ4v) is 1.02. The molecule has 2 N–H and O–H groups in total. The van der Waals surface area contributed by atoms with Gasteiger partial charge in [0.1, 0.15) is 6.04 Å². The molecule has 0 spiro atoms. The predicted octanol–water partition coefficient (Wildman–Crippen LogP) is 0.782. The van der Waals surface area contributed by atoms with Crippen LogP contribution >= 0.6 is 0 Å². The number of ether oxygens (including phenoxy) is 1. The van der Waals surface area contributed by atoms with Gasteiger partial charge in [0.05, 0.1) is 6.61 Å². The fourth-order valence-electron chi connectivity index (χ4n) is 1.02. The van der Waals surface area contributed by atoms with E-state index in [0.29, 0.717) is 19.6 Å². The molecule has 0 aromatic rings. The molecule has 0 unspecified atom stereocenters. The summed E-state index contributed by atoms with van der Waals surface area (Å²) in [6.07, 6.45) is 1.51. The number of hydrogen-bond donors (Lipinski definition) is 2. The first-order chi connectivity index (χ1) is 7.11. The second-order valence-corrected chi connectivity index (χ2v) is 3.23. The van der Waals surface area contributed by atoms with Gasteiger partial charge in [0, 0.05) is 13.0 Å². The van der Waals surface area contributed by atoms with Gasteiger partial charge in [0.2, 0.25) is 5.91 Å². The highest BCUT2D eigenvalue weighted by molar-refractivity contribution is 5.83. The van der Waals surface area contributed by atoms with Crippen LogP contribution in [0.1, 0.15) is 33.1 Å². The summed E-state index contributed by atoms with van der Waals surface area (Å²) in [5, 5.41) is 11.1. The van der Waals surface area contributed by atoms with Gasteiger partial charge in [0.25, 0.3) is 0 Å². The summed E-state index contributed by atoms with van der Waals surface area (Å²) in [5.41, 5.74) is 0. The summed E-state index contributed by atoms with van der Waals surface area (Å²) in [7, 11) is 0. The zero-order chi connectivity index (χ0) is 11.7. The molecule has 0 aliphatic heterocycles. The SMILES string of the molecule is CCCOCCC(=O)N[C@@H](CC)C(=O)O. The topological polar surface area (TPSA) is 75.6 Å². The molecular weight excluding hydrogens is 198 g/mol. The Morgan fingerprint density at radius 3 is 2.47 bits per heavy atom. The first kappa shape index (κ1) is 13.9. The van der Waals surface area contributed by atoms with Gasteiger partial charge in [-0.1, -0.05) is 13.8 Å². The summed E-state index contributed by atoms with van der Waals surface area (Å²) in [6, 6.07) is -0.788. The summed E-state index contributed by atoms with van der Waals surface area (Å²) >= 11 is 0. The number of carbonyl (C=O) groups is 2. The van der Waals surface area contributed by atoms with Crippen LogP contribution in [0.15, 0.2) is 0 Å². The third-order valence-electron chi connectivity index (χ3n) is 1.86. The van der Waals surface area contributed by atoms with Gasteiger partial charge in [-0.25, -0.2) is 4.79 Å². The third kappa shape index (κ3) is 6.90. The van der Waals surface area contributed by atoms with Gasteiger partial charge in [-0.2, -0.15) is 0 Å². The van der Waals surface area contributed by atoms with Crippen molar-refractivity contribution in [3.05, 3.63) is 0 Å². The standard InChI is InChI=1S/C10H19NO4/c1-3-6-15-7-5-9(12)11-8(4-2)10(13)14/h8H,3-7H2,1-2H3,(H,11,12)(H,13,14)/t8-/m0/s1. The van der Waals surface area contributed by atoms with Gasteiger partial charge in [-0.3, -0.25) is 4.79 Å². The van der Waals surface area contributed by atoms with E-state index in [1.807, 2.05) is 6.92 Å². The summed E-state index contributed by atoms with van der Waals surface area (Å²) in [5.74, 6) is -1.28. The minimum atomic E-state index is -1.000. The molecule has 0 saturated heterocycles. The van der Waals surface area contributed by atoms with Crippen molar-refractivity contribution in [1.29, 1.82) is 0 Å². The number of aliphatic carboxylic acids is 1. The first-order valence-electron chi connectivity index (χ1n) is 5.21. The summed E-state index contributed by atoms with van der Waals surface area (Å²) < 4.78 is 5.12. The number of carboxylic acids is 1. The summed E-state index contributed by atoms with van der Waals surface area (Å²) in [6.45, 7) is 4.67. The average Bonchev–Trinajstić information content (AvgIpc) is 2.20. The van der Waals surface area contributed by atoms with Crippen LogP contribution in [0.5, 0.6) is 0 Å². The second kappa shape index (κ2) is 8.23. The first-order valence-corrected chi connectivity index (χ1v) is 5.21. The number of hydrogen-bond acceptors (Lipinski definition) is 3. The Morgan fingerprint density at radius 2 is 2.00 bits per heavy atom. The highest BCUT2D eigenvalue weighted by Crippen LogP contribution is 1.93. The fraction of sp³-hybridized carbons (Fsp3) is 0.800. The van der Waals surface area contributed by atoms with E-state index >= 15 is 0 Å². The van der Waals surface area contributed by atoms with Crippen molar-refractivity contribution in [2.75, 3.05) is 13.2 Å². The number of carboxylic acid groups (broad SMARTS) is 1. The van der Waals surface area contributed by atoms with Crippen LogP contribution in [-0.4, -0.2) is 36.2 Å². The zero-order valence-corrected chi connectivity index (χ0v) is 9.28. The van der Waals surface area contributed by atoms with Crippen LogP contribution in [0.3, 0.4) is 0 Å². The van der Waals surface area contributed by atoms with E-state index in [2.05, 4.69) is 5.32 Å². The lowest BCUT2D eigenvalue weighted by atomic mass is 10.2. The van der Waals surface area contributed by atoms with E-state index in [0.717, 1.165) is 6.42 Å². The van der Waals surface area contributed by atoms with Gasteiger partial charge in [-0.15, -0.1) is 0 Å². The molecule has 0 saturated carbocycles. The monoisotopic (exact) mass is 217 g/mol. The van der Waals surface area contributed by atoms with Crippen LogP contribution in [0.25, 0.3) is 0 Å². The molecule has 88 valence electrons. The summed E-state index contributed by atoms with van der Waals surface area (Å²) in [4.78, 5) is 21.8. The number of carbonyl (C=O) groups excluding carboxylic acids is 1. The molecule has 0 aliphatic rings. The maximum absolute atomic E-state index is 11.2. The maximum Gasteiger partial charge on any atom is 0.326 e. The van der Waals surface area contributed by atoms with Gasteiger partial charge >= 0.3 is 5.97 Å². The maximum atomic E-state index is 11.2.